The zero-order valence-electron chi connectivity index (χ0n) is 10.1. The van der Waals surface area contributed by atoms with Crippen molar-refractivity contribution in [2.75, 3.05) is 0 Å². The van der Waals surface area contributed by atoms with Gasteiger partial charge in [0, 0.05) is 23.4 Å². The van der Waals surface area contributed by atoms with Crippen LogP contribution >= 0.6 is 0 Å². The maximum Gasteiger partial charge on any atom is 0.336 e. The van der Waals surface area contributed by atoms with Gasteiger partial charge in [-0.2, -0.15) is 0 Å². The van der Waals surface area contributed by atoms with E-state index < -0.39 is 11.5 Å². The summed E-state index contributed by atoms with van der Waals surface area (Å²) in [6.45, 7) is 1.46. The number of Topliss-reactive ketones (excluding diaryl/α,β-unsaturated/α-hetero) is 1. The van der Waals surface area contributed by atoms with E-state index in [4.69, 9.17) is 5.11 Å². The Bertz CT molecular complexity index is 698. The third-order valence-corrected chi connectivity index (χ3v) is 2.76. The number of carbonyl (C=O) groups excluding carboxylic acids is 1. The van der Waals surface area contributed by atoms with Crippen LogP contribution in [0.15, 0.2) is 41.3 Å². The molecule has 5 nitrogen and oxygen atoms in total. The molecule has 0 fully saturated rings. The minimum absolute atomic E-state index is 0.0634. The number of benzene rings is 1. The second kappa shape index (κ2) is 4.89. The lowest BCUT2D eigenvalue weighted by atomic mass is 10.00. The molecule has 1 heterocycles. The summed E-state index contributed by atoms with van der Waals surface area (Å²) in [5.74, 6) is -1.23. The average molecular weight is 257 g/mol. The molecule has 0 unspecified atom stereocenters. The van der Waals surface area contributed by atoms with Gasteiger partial charge in [0.05, 0.1) is 5.56 Å². The van der Waals surface area contributed by atoms with Crippen LogP contribution < -0.4 is 5.56 Å². The van der Waals surface area contributed by atoms with Gasteiger partial charge in [-0.1, -0.05) is 24.3 Å². The third-order valence-electron chi connectivity index (χ3n) is 2.76. The molecule has 0 radical (unpaired) electrons. The van der Waals surface area contributed by atoms with Crippen molar-refractivity contribution in [2.24, 2.45) is 0 Å². The van der Waals surface area contributed by atoms with E-state index in [1.807, 2.05) is 0 Å². The number of pyridine rings is 1. The van der Waals surface area contributed by atoms with E-state index >= 15 is 0 Å². The molecule has 0 aliphatic carbocycles. The van der Waals surface area contributed by atoms with Gasteiger partial charge in [0.1, 0.15) is 0 Å². The monoisotopic (exact) mass is 257 g/mol. The molecule has 0 saturated heterocycles. The number of aromatic nitrogens is 1. The molecule has 0 aliphatic rings. The van der Waals surface area contributed by atoms with Crippen molar-refractivity contribution in [2.45, 2.75) is 6.92 Å². The molecule has 2 aromatic rings. The highest BCUT2D eigenvalue weighted by atomic mass is 16.4. The lowest BCUT2D eigenvalue weighted by Crippen LogP contribution is -2.10. The van der Waals surface area contributed by atoms with Crippen molar-refractivity contribution in [1.82, 2.24) is 4.98 Å². The van der Waals surface area contributed by atoms with E-state index in [1.165, 1.54) is 13.1 Å². The smallest absolute Gasteiger partial charge is 0.336 e. The fraction of sp³-hybridized carbons (Fsp3) is 0.0714. The number of rotatable bonds is 3. The van der Waals surface area contributed by atoms with Gasteiger partial charge >= 0.3 is 5.97 Å². The Morgan fingerprint density at radius 1 is 1.16 bits per heavy atom. The highest BCUT2D eigenvalue weighted by Crippen LogP contribution is 2.22. The van der Waals surface area contributed by atoms with Crippen LogP contribution in [0.4, 0.5) is 0 Å². The predicted octanol–water partition coefficient (Wildman–Crippen LogP) is 1.94. The van der Waals surface area contributed by atoms with Crippen molar-refractivity contribution in [3.63, 3.8) is 0 Å². The van der Waals surface area contributed by atoms with Crippen LogP contribution in [0.5, 0.6) is 0 Å². The molecule has 5 heteroatoms. The molecule has 19 heavy (non-hydrogen) atoms. The number of H-pyrrole nitrogens is 1. The first-order valence-corrected chi connectivity index (χ1v) is 5.56. The number of hydrogen-bond acceptors (Lipinski definition) is 3. The van der Waals surface area contributed by atoms with Gasteiger partial charge in [0.25, 0.3) is 0 Å². The number of nitrogens with one attached hydrogen (secondary N) is 1. The number of aromatic carboxylic acids is 1. The average Bonchev–Trinajstić information content (AvgIpc) is 2.38. The summed E-state index contributed by atoms with van der Waals surface area (Å²) in [7, 11) is 0. The molecule has 1 aromatic heterocycles. The van der Waals surface area contributed by atoms with E-state index in [0.717, 1.165) is 6.07 Å². The molecule has 0 amide bonds. The first-order chi connectivity index (χ1) is 8.99. The zero-order valence-corrected chi connectivity index (χ0v) is 10.1. The van der Waals surface area contributed by atoms with Gasteiger partial charge < -0.3 is 10.1 Å². The third kappa shape index (κ3) is 2.60. The molecule has 96 valence electrons. The lowest BCUT2D eigenvalue weighted by Gasteiger charge is -2.06. The largest absolute Gasteiger partial charge is 0.478 e. The minimum atomic E-state index is -1.17. The van der Waals surface area contributed by atoms with Crippen molar-refractivity contribution in [3.8, 4) is 11.1 Å². The highest BCUT2D eigenvalue weighted by Gasteiger charge is 2.12. The predicted molar refractivity (Wildman–Crippen MR) is 69.5 cm³/mol. The number of carbonyl (C=O) groups is 2. The number of ketones is 1. The van der Waals surface area contributed by atoms with Crippen LogP contribution in [0.3, 0.4) is 0 Å². The Hall–Kier alpha value is -2.69. The quantitative estimate of drug-likeness (QED) is 0.822. The Morgan fingerprint density at radius 2 is 1.79 bits per heavy atom. The number of carboxylic acid groups (broad SMARTS) is 1. The van der Waals surface area contributed by atoms with Gasteiger partial charge in [-0.25, -0.2) is 4.79 Å². The normalized spacial score (nSPS) is 10.2. The Labute approximate surface area is 108 Å². The van der Waals surface area contributed by atoms with E-state index in [0.29, 0.717) is 16.7 Å². The highest BCUT2D eigenvalue weighted by molar-refractivity contribution is 5.97. The van der Waals surface area contributed by atoms with Gasteiger partial charge in [-0.05, 0) is 12.5 Å². The first kappa shape index (κ1) is 12.8. The van der Waals surface area contributed by atoms with Crippen LogP contribution in [0.2, 0.25) is 0 Å². The summed E-state index contributed by atoms with van der Waals surface area (Å²) < 4.78 is 0. The topological polar surface area (TPSA) is 87.2 Å². The minimum Gasteiger partial charge on any atom is -0.478 e. The van der Waals surface area contributed by atoms with Crippen LogP contribution in [0, 0.1) is 0 Å². The molecular formula is C14H11NO4. The Balaban J connectivity index is 2.55. The zero-order chi connectivity index (χ0) is 14.0. The summed E-state index contributed by atoms with van der Waals surface area (Å²) >= 11 is 0. The SMILES string of the molecule is CC(=O)c1ccc(-c2c[nH]c(=O)cc2C(=O)O)cc1. The fourth-order valence-electron chi connectivity index (χ4n) is 1.77. The van der Waals surface area contributed by atoms with E-state index in [-0.39, 0.29) is 11.3 Å². The maximum atomic E-state index is 11.2. The molecule has 2 N–H and O–H groups in total. The molecule has 0 bridgehead atoms. The number of aromatic amines is 1. The van der Waals surface area contributed by atoms with Crippen LogP contribution in [-0.2, 0) is 0 Å². The molecule has 0 atom stereocenters. The summed E-state index contributed by atoms with van der Waals surface area (Å²) in [5, 5.41) is 9.09. The Morgan fingerprint density at radius 3 is 2.32 bits per heavy atom. The van der Waals surface area contributed by atoms with Crippen molar-refractivity contribution < 1.29 is 14.7 Å². The van der Waals surface area contributed by atoms with Crippen LogP contribution in [0.1, 0.15) is 27.6 Å². The summed E-state index contributed by atoms with van der Waals surface area (Å²) in [5.41, 5.74) is 1.03. The van der Waals surface area contributed by atoms with Crippen molar-refractivity contribution in [3.05, 3.63) is 58.0 Å². The van der Waals surface area contributed by atoms with Gasteiger partial charge in [-0.15, -0.1) is 0 Å². The van der Waals surface area contributed by atoms with Gasteiger partial charge in [0.2, 0.25) is 5.56 Å². The Kier molecular flexibility index (Phi) is 3.29. The summed E-state index contributed by atoms with van der Waals surface area (Å²) in [4.78, 5) is 35.9. The van der Waals surface area contributed by atoms with E-state index in [1.54, 1.807) is 24.3 Å². The summed E-state index contributed by atoms with van der Waals surface area (Å²) in [6, 6.07) is 7.58. The number of carboxylic acids is 1. The standard InChI is InChI=1S/C14H11NO4/c1-8(16)9-2-4-10(5-3-9)12-7-15-13(17)6-11(12)14(18)19/h2-7H,1H3,(H,15,17)(H,18,19). The maximum absolute atomic E-state index is 11.2. The second-order valence-corrected chi connectivity index (χ2v) is 4.06. The molecule has 1 aromatic carbocycles. The molecule has 0 spiro atoms. The first-order valence-electron chi connectivity index (χ1n) is 5.56. The van der Waals surface area contributed by atoms with Crippen molar-refractivity contribution >= 4 is 11.8 Å². The van der Waals surface area contributed by atoms with Crippen LogP contribution in [-0.4, -0.2) is 21.8 Å². The second-order valence-electron chi connectivity index (χ2n) is 4.06. The number of hydrogen-bond donors (Lipinski definition) is 2. The van der Waals surface area contributed by atoms with Crippen molar-refractivity contribution in [1.29, 1.82) is 0 Å². The summed E-state index contributed by atoms with van der Waals surface area (Å²) in [6.07, 6.45) is 1.36. The van der Waals surface area contributed by atoms with E-state index in [9.17, 15) is 14.4 Å². The van der Waals surface area contributed by atoms with Gasteiger partial charge in [-0.3, -0.25) is 9.59 Å². The lowest BCUT2D eigenvalue weighted by molar-refractivity contribution is 0.0697. The molecule has 2 rings (SSSR count). The van der Waals surface area contributed by atoms with E-state index in [2.05, 4.69) is 4.98 Å². The van der Waals surface area contributed by atoms with Gasteiger partial charge in [0.15, 0.2) is 5.78 Å². The van der Waals surface area contributed by atoms with Crippen LogP contribution in [0.25, 0.3) is 11.1 Å². The molecular weight excluding hydrogens is 246 g/mol. The fourth-order valence-corrected chi connectivity index (χ4v) is 1.77. The molecule has 0 aliphatic heterocycles. The molecule has 0 saturated carbocycles.